The average Bonchev–Trinajstić information content (AvgIpc) is 2.77. The number of nitrogens with one attached hydrogen (secondary N) is 1. The molecule has 1 aliphatic heterocycles. The molecule has 2 heterocycles. The summed E-state index contributed by atoms with van der Waals surface area (Å²) in [7, 11) is -9.29. The Morgan fingerprint density at radius 1 is 1.03 bits per heavy atom. The minimum absolute atomic E-state index is 0.115. The smallest absolute Gasteiger partial charge is 0.264 e. The van der Waals surface area contributed by atoms with Crippen molar-refractivity contribution in [1.29, 1.82) is 0 Å². The summed E-state index contributed by atoms with van der Waals surface area (Å²) in [6, 6.07) is 7.41. The second-order valence-corrected chi connectivity index (χ2v) is 12.2. The van der Waals surface area contributed by atoms with Crippen LogP contribution in [0, 0.1) is 5.82 Å². The molecule has 0 amide bonds. The Morgan fingerprint density at radius 2 is 1.71 bits per heavy atom. The molecule has 1 N–H and O–H groups in total. The van der Waals surface area contributed by atoms with E-state index in [1.165, 1.54) is 32.3 Å². The molecule has 0 saturated carbocycles. The van der Waals surface area contributed by atoms with Crippen molar-refractivity contribution in [2.45, 2.75) is 46.5 Å². The highest BCUT2D eigenvalue weighted by atomic mass is 32.2. The van der Waals surface area contributed by atoms with E-state index in [1.807, 2.05) is 0 Å². The zero-order valence-electron chi connectivity index (χ0n) is 18.5. The van der Waals surface area contributed by atoms with Crippen molar-refractivity contribution in [1.82, 2.24) is 9.71 Å². The molecule has 1 aromatic heterocycles. The number of sulfone groups is 1. The Balaban J connectivity index is 1.87. The van der Waals surface area contributed by atoms with Gasteiger partial charge >= 0.3 is 6.18 Å². The number of hydrogen-bond donors (Lipinski definition) is 1. The molecule has 0 unspecified atom stereocenters. The van der Waals surface area contributed by atoms with Crippen LogP contribution in [-0.2, 0) is 37.9 Å². The zero-order chi connectivity index (χ0) is 25.8. The Bertz CT molecular complexity index is 1520. The SMILES string of the molecule is CC1(C)c2ccc(F)cc2S(=O)(=O)c2cc(S(=O)(=O)NCCc3cccnc3)c(C(F)(F)F)cc21. The highest BCUT2D eigenvalue weighted by Gasteiger charge is 2.46. The third kappa shape index (κ3) is 4.45. The first kappa shape index (κ1) is 25.3. The first-order valence-electron chi connectivity index (χ1n) is 10.3. The van der Waals surface area contributed by atoms with E-state index >= 15 is 0 Å². The van der Waals surface area contributed by atoms with Crippen LogP contribution in [0.5, 0.6) is 0 Å². The number of aromatic nitrogens is 1. The minimum Gasteiger partial charge on any atom is -0.264 e. The van der Waals surface area contributed by atoms with Gasteiger partial charge in [0.1, 0.15) is 5.82 Å². The molecule has 3 aromatic rings. The van der Waals surface area contributed by atoms with Crippen molar-refractivity contribution in [3.8, 4) is 0 Å². The number of hydrogen-bond acceptors (Lipinski definition) is 5. The number of halogens is 4. The summed E-state index contributed by atoms with van der Waals surface area (Å²) in [5.74, 6) is -0.844. The van der Waals surface area contributed by atoms with Gasteiger partial charge in [0, 0.05) is 24.4 Å². The maximum absolute atomic E-state index is 14.0. The van der Waals surface area contributed by atoms with Gasteiger partial charge in [0.05, 0.1) is 20.2 Å². The molecule has 6 nitrogen and oxygen atoms in total. The molecule has 12 heteroatoms. The Labute approximate surface area is 200 Å². The van der Waals surface area contributed by atoms with Crippen LogP contribution in [0.2, 0.25) is 0 Å². The van der Waals surface area contributed by atoms with Gasteiger partial charge in [-0.3, -0.25) is 4.98 Å². The van der Waals surface area contributed by atoms with Crippen molar-refractivity contribution in [3.63, 3.8) is 0 Å². The van der Waals surface area contributed by atoms with E-state index in [2.05, 4.69) is 9.71 Å². The Morgan fingerprint density at radius 3 is 2.34 bits per heavy atom. The number of alkyl halides is 3. The maximum atomic E-state index is 14.0. The molecular weight excluding hydrogens is 508 g/mol. The van der Waals surface area contributed by atoms with E-state index in [1.54, 1.807) is 12.1 Å². The highest BCUT2D eigenvalue weighted by Crippen LogP contribution is 2.48. The van der Waals surface area contributed by atoms with E-state index in [-0.39, 0.29) is 24.1 Å². The van der Waals surface area contributed by atoms with Crippen LogP contribution >= 0.6 is 0 Å². The van der Waals surface area contributed by atoms with Crippen molar-refractivity contribution in [2.24, 2.45) is 0 Å². The lowest BCUT2D eigenvalue weighted by Crippen LogP contribution is -2.33. The fourth-order valence-electron chi connectivity index (χ4n) is 4.17. The van der Waals surface area contributed by atoms with E-state index < -0.39 is 57.5 Å². The predicted molar refractivity (Wildman–Crippen MR) is 119 cm³/mol. The van der Waals surface area contributed by atoms with Crippen LogP contribution < -0.4 is 4.72 Å². The molecular formula is C23H20F4N2O4S2. The van der Waals surface area contributed by atoms with Gasteiger partial charge in [0.25, 0.3) is 0 Å². The van der Waals surface area contributed by atoms with E-state index in [0.717, 1.165) is 12.1 Å². The summed E-state index contributed by atoms with van der Waals surface area (Å²) < 4.78 is 111. The van der Waals surface area contributed by atoms with Gasteiger partial charge in [0.2, 0.25) is 19.9 Å². The second-order valence-electron chi connectivity index (χ2n) is 8.62. The summed E-state index contributed by atoms with van der Waals surface area (Å²) in [6.07, 6.45) is -1.94. The topological polar surface area (TPSA) is 93.2 Å². The summed E-state index contributed by atoms with van der Waals surface area (Å²) in [4.78, 5) is 1.65. The third-order valence-corrected chi connectivity index (χ3v) is 9.31. The quantitative estimate of drug-likeness (QED) is 0.501. The van der Waals surface area contributed by atoms with Crippen molar-refractivity contribution >= 4 is 19.9 Å². The molecule has 1 aliphatic rings. The van der Waals surface area contributed by atoms with Gasteiger partial charge in [-0.2, -0.15) is 13.2 Å². The third-order valence-electron chi connectivity index (χ3n) is 5.97. The van der Waals surface area contributed by atoms with Crippen LogP contribution in [0.4, 0.5) is 17.6 Å². The van der Waals surface area contributed by atoms with Gasteiger partial charge in [0.15, 0.2) is 0 Å². The number of fused-ring (bicyclic) bond motifs is 2. The Kier molecular flexibility index (Phi) is 6.05. The second kappa shape index (κ2) is 8.38. The fraction of sp³-hybridized carbons (Fsp3) is 0.261. The van der Waals surface area contributed by atoms with Crippen LogP contribution in [0.15, 0.2) is 69.5 Å². The number of sulfonamides is 1. The lowest BCUT2D eigenvalue weighted by molar-refractivity contribution is -0.140. The van der Waals surface area contributed by atoms with Crippen molar-refractivity contribution in [2.75, 3.05) is 6.54 Å². The average molecular weight is 529 g/mol. The standard InChI is InChI=1S/C23H20F4N2O4S2/c1-22(2)16-6-5-15(24)10-19(16)34(30,31)20-12-21(18(11-17(20)22)23(25,26)27)35(32,33)29-9-7-14-4-3-8-28-13-14/h3-6,8,10-13,29H,7,9H2,1-2H3. The summed E-state index contributed by atoms with van der Waals surface area (Å²) >= 11 is 0. The minimum atomic E-state index is -5.09. The normalized spacial score (nSPS) is 16.4. The zero-order valence-corrected chi connectivity index (χ0v) is 20.2. The van der Waals surface area contributed by atoms with Crippen LogP contribution in [0.1, 0.15) is 36.1 Å². The van der Waals surface area contributed by atoms with Gasteiger partial charge in [-0.05, 0) is 53.4 Å². The number of pyridine rings is 1. The maximum Gasteiger partial charge on any atom is 0.417 e. The molecule has 2 aromatic carbocycles. The molecule has 0 atom stereocenters. The summed E-state index contributed by atoms with van der Waals surface area (Å²) in [6.45, 7) is 2.75. The van der Waals surface area contributed by atoms with E-state index in [0.29, 0.717) is 17.7 Å². The van der Waals surface area contributed by atoms with Gasteiger partial charge < -0.3 is 0 Å². The lowest BCUT2D eigenvalue weighted by Gasteiger charge is -2.35. The molecule has 0 saturated heterocycles. The van der Waals surface area contributed by atoms with Crippen LogP contribution in [0.25, 0.3) is 0 Å². The largest absolute Gasteiger partial charge is 0.417 e. The molecule has 35 heavy (non-hydrogen) atoms. The molecule has 4 rings (SSSR count). The van der Waals surface area contributed by atoms with Gasteiger partial charge in [-0.25, -0.2) is 25.9 Å². The monoisotopic (exact) mass is 528 g/mol. The molecule has 0 spiro atoms. The first-order chi connectivity index (χ1) is 16.2. The number of rotatable bonds is 5. The summed E-state index contributed by atoms with van der Waals surface area (Å²) in [5, 5.41) is 0. The number of benzene rings is 2. The fourth-order valence-corrected chi connectivity index (χ4v) is 7.50. The van der Waals surface area contributed by atoms with Crippen LogP contribution in [0.3, 0.4) is 0 Å². The van der Waals surface area contributed by atoms with Crippen molar-refractivity contribution in [3.05, 3.63) is 82.9 Å². The summed E-state index contributed by atoms with van der Waals surface area (Å²) in [5.41, 5.74) is -2.22. The van der Waals surface area contributed by atoms with E-state index in [9.17, 15) is 34.4 Å². The van der Waals surface area contributed by atoms with E-state index in [4.69, 9.17) is 0 Å². The highest BCUT2D eigenvalue weighted by molar-refractivity contribution is 7.92. The van der Waals surface area contributed by atoms with Gasteiger partial charge in [-0.15, -0.1) is 0 Å². The number of nitrogens with zero attached hydrogens (tertiary/aromatic N) is 1. The molecule has 0 fully saturated rings. The first-order valence-corrected chi connectivity index (χ1v) is 13.3. The lowest BCUT2D eigenvalue weighted by atomic mass is 9.77. The van der Waals surface area contributed by atoms with Crippen LogP contribution in [-0.4, -0.2) is 28.4 Å². The predicted octanol–water partition coefficient (Wildman–Crippen LogP) is 4.23. The molecule has 0 radical (unpaired) electrons. The van der Waals surface area contributed by atoms with Crippen molar-refractivity contribution < 1.29 is 34.4 Å². The molecule has 186 valence electrons. The van der Waals surface area contributed by atoms with Gasteiger partial charge in [-0.1, -0.05) is 26.0 Å². The molecule has 0 bridgehead atoms. The molecule has 0 aliphatic carbocycles. The Hall–Kier alpha value is -2.83.